The van der Waals surface area contributed by atoms with Crippen LogP contribution in [0, 0.1) is 18.6 Å². The third kappa shape index (κ3) is 12.7. The summed E-state index contributed by atoms with van der Waals surface area (Å²) in [5.74, 6) is 4.53. The summed E-state index contributed by atoms with van der Waals surface area (Å²) >= 11 is 0. The molecule has 0 bridgehead atoms. The number of nitrogens with zero attached hydrogens (tertiary/aromatic N) is 14. The first-order valence-electron chi connectivity index (χ1n) is 37.0. The fraction of sp³-hybridized carbons (Fsp3) is 0.0103. The molecule has 0 aliphatic rings. The Morgan fingerprint density at radius 1 is 0.186 bits per heavy atom. The maximum Gasteiger partial charge on any atom is 0.164 e. The highest BCUT2D eigenvalue weighted by Gasteiger charge is 2.26. The Morgan fingerprint density at radius 2 is 0.389 bits per heavy atom. The zero-order valence-electron chi connectivity index (χ0n) is 60.4. The van der Waals surface area contributed by atoms with E-state index in [4.69, 9.17) is 59.8 Å². The van der Waals surface area contributed by atoms with Crippen LogP contribution in [0.3, 0.4) is 0 Å². The molecule has 0 spiro atoms. The molecule has 14 aromatic carbocycles. The first-order chi connectivity index (χ1) is 55.7. The second-order valence-electron chi connectivity index (χ2n) is 27.6. The summed E-state index contributed by atoms with van der Waals surface area (Å²) < 4.78 is 37.3. The molecule has 0 amide bonds. The molecule has 6 aromatic heterocycles. The van der Waals surface area contributed by atoms with Gasteiger partial charge in [-0.15, -0.1) is 0 Å². The maximum absolute atomic E-state index is 16.5. The first kappa shape index (κ1) is 67.0. The monoisotopic (exact) mass is 1460 g/mol. The molecule has 0 radical (unpaired) electrons. The van der Waals surface area contributed by atoms with Crippen molar-refractivity contribution in [1.29, 1.82) is 0 Å². The van der Waals surface area contributed by atoms with Crippen molar-refractivity contribution in [3.8, 4) is 159 Å². The number of fused-ring (bicyclic) bond motifs is 6. The Kier molecular flexibility index (Phi) is 16.8. The highest BCUT2D eigenvalue weighted by Crippen LogP contribution is 2.45. The van der Waals surface area contributed by atoms with Gasteiger partial charge in [-0.1, -0.05) is 243 Å². The van der Waals surface area contributed by atoms with Crippen LogP contribution in [0.1, 0.15) is 5.56 Å². The van der Waals surface area contributed by atoms with Crippen LogP contribution in [-0.4, -0.2) is 68.9 Å². The van der Waals surface area contributed by atoms with E-state index in [0.717, 1.165) is 128 Å². The predicted molar refractivity (Wildman–Crippen MR) is 444 cm³/mol. The lowest BCUT2D eigenvalue weighted by molar-refractivity contribution is 0.584. The van der Waals surface area contributed by atoms with Crippen molar-refractivity contribution in [2.75, 3.05) is 0 Å². The SMILES string of the molecule is Cc1cc(-n2c3ccc(-c4nc(-c5ccccc5)nc(-c5ccccc5)n4)cc3c3cc(-c4nc(-c5ccccc5)nc(-c5ccccc5)n4)ccc32)c(-c2cc(F)cc(F)c2)cc1-n1c2ccc(-c3nc(-c4ccccc4)nc(-c4ccccc4)n3)cc2c2cc(-c3nc(-c4ccccc4)nc(-c4ccccc4)n3)ccc21. The van der Waals surface area contributed by atoms with Crippen LogP contribution in [0.4, 0.5) is 8.78 Å². The number of aromatic nitrogens is 14. The zero-order valence-corrected chi connectivity index (χ0v) is 60.4. The van der Waals surface area contributed by atoms with Gasteiger partial charge in [0.15, 0.2) is 69.9 Å². The molecule has 20 aromatic rings. The number of hydrogen-bond donors (Lipinski definition) is 0. The van der Waals surface area contributed by atoms with Crippen LogP contribution in [-0.2, 0) is 0 Å². The standard InChI is InChI=1S/C97H60F2N14/c1-59-50-85(113-82-48-44-70(96-108-90(64-34-18-6-19-35-64)102-91(109-96)65-36-20-7-21-37-65)55-78(82)79-56-71(45-49-83(79)113)97-110-92(66-38-22-8-23-39-66)103-93(111-97)67-40-24-9-25-41-67)75(72-51-73(98)57-74(99)52-72)58-84(59)112-80-46-42-68(94-104-86(60-26-10-2-11-27-60)100-87(105-94)61-28-12-3-13-29-61)53-76(80)77-54-69(43-47-81(77)112)95-106-88(62-30-14-4-15-31-62)101-89(107-95)63-32-16-5-17-33-63/h2-58H,1H3. The van der Waals surface area contributed by atoms with E-state index >= 15 is 8.78 Å². The summed E-state index contributed by atoms with van der Waals surface area (Å²) in [6, 6.07) is 112. The van der Waals surface area contributed by atoms with Gasteiger partial charge in [0.05, 0.1) is 27.8 Å². The third-order valence-electron chi connectivity index (χ3n) is 20.3. The van der Waals surface area contributed by atoms with Crippen molar-refractivity contribution < 1.29 is 8.78 Å². The van der Waals surface area contributed by atoms with Gasteiger partial charge in [-0.2, -0.15) is 0 Å². The van der Waals surface area contributed by atoms with Gasteiger partial charge in [0, 0.05) is 106 Å². The van der Waals surface area contributed by atoms with Crippen LogP contribution < -0.4 is 0 Å². The summed E-state index contributed by atoms with van der Waals surface area (Å²) in [7, 11) is 0. The van der Waals surface area contributed by atoms with Crippen molar-refractivity contribution in [1.82, 2.24) is 68.9 Å². The molecule has 0 fully saturated rings. The Labute approximate surface area is 646 Å². The number of hydrogen-bond acceptors (Lipinski definition) is 12. The largest absolute Gasteiger partial charge is 0.309 e. The van der Waals surface area contributed by atoms with E-state index in [0.29, 0.717) is 86.7 Å². The molecule has 6 heterocycles. The molecule has 20 rings (SSSR count). The topological polar surface area (TPSA) is 165 Å². The summed E-state index contributed by atoms with van der Waals surface area (Å²) in [6.45, 7) is 2.08. The highest BCUT2D eigenvalue weighted by molar-refractivity contribution is 6.14. The Bertz CT molecular complexity index is 6440. The Morgan fingerprint density at radius 3 is 0.611 bits per heavy atom. The van der Waals surface area contributed by atoms with Gasteiger partial charge in [-0.3, -0.25) is 0 Å². The molecule has 0 saturated heterocycles. The molecule has 16 heteroatoms. The minimum atomic E-state index is -0.737. The van der Waals surface area contributed by atoms with Gasteiger partial charge >= 0.3 is 0 Å². The van der Waals surface area contributed by atoms with Crippen molar-refractivity contribution in [2.24, 2.45) is 0 Å². The van der Waals surface area contributed by atoms with Crippen LogP contribution in [0.2, 0.25) is 0 Å². The fourth-order valence-electron chi connectivity index (χ4n) is 14.9. The van der Waals surface area contributed by atoms with Crippen molar-refractivity contribution in [2.45, 2.75) is 6.92 Å². The molecule has 0 N–H and O–H groups in total. The fourth-order valence-corrected chi connectivity index (χ4v) is 14.9. The molecule has 113 heavy (non-hydrogen) atoms. The average Bonchev–Trinajstić information content (AvgIpc) is 1.44. The third-order valence-corrected chi connectivity index (χ3v) is 20.3. The van der Waals surface area contributed by atoms with E-state index in [9.17, 15) is 0 Å². The molecule has 0 atom stereocenters. The minimum Gasteiger partial charge on any atom is -0.309 e. The van der Waals surface area contributed by atoms with Gasteiger partial charge in [0.25, 0.3) is 0 Å². The number of halogens is 2. The number of aryl methyl sites for hydroxylation is 1. The van der Waals surface area contributed by atoms with Gasteiger partial charge in [-0.05, 0) is 115 Å². The first-order valence-corrected chi connectivity index (χ1v) is 37.0. The van der Waals surface area contributed by atoms with Gasteiger partial charge in [0.2, 0.25) is 0 Å². The Balaban J connectivity index is 0.828. The molecule has 0 unspecified atom stereocenters. The van der Waals surface area contributed by atoms with Crippen molar-refractivity contribution in [3.63, 3.8) is 0 Å². The molecular weight excluding hydrogens is 1400 g/mol. The lowest BCUT2D eigenvalue weighted by Crippen LogP contribution is -2.04. The van der Waals surface area contributed by atoms with Crippen LogP contribution in [0.25, 0.3) is 203 Å². The van der Waals surface area contributed by atoms with Crippen molar-refractivity contribution >= 4 is 43.6 Å². The van der Waals surface area contributed by atoms with E-state index in [1.54, 1.807) is 0 Å². The maximum atomic E-state index is 16.5. The van der Waals surface area contributed by atoms with Crippen LogP contribution >= 0.6 is 0 Å². The second kappa shape index (κ2) is 28.3. The van der Waals surface area contributed by atoms with Crippen molar-refractivity contribution in [3.05, 3.63) is 363 Å². The second-order valence-corrected chi connectivity index (χ2v) is 27.6. The van der Waals surface area contributed by atoms with E-state index in [2.05, 4.69) is 76.7 Å². The molecule has 532 valence electrons. The Hall–Kier alpha value is -15.4. The minimum absolute atomic E-state index is 0.308. The molecular formula is C97H60F2N14. The lowest BCUT2D eigenvalue weighted by Gasteiger charge is -2.20. The normalized spacial score (nSPS) is 11.5. The average molecular weight is 1460 g/mol. The predicted octanol–water partition coefficient (Wildman–Crippen LogP) is 22.9. The molecule has 0 saturated carbocycles. The van der Waals surface area contributed by atoms with E-state index in [1.807, 2.05) is 267 Å². The zero-order chi connectivity index (χ0) is 75.5. The summed E-state index contributed by atoms with van der Waals surface area (Å²) in [4.78, 5) is 61.8. The quantitative estimate of drug-likeness (QED) is 0.0955. The lowest BCUT2D eigenvalue weighted by atomic mass is 9.99. The summed E-state index contributed by atoms with van der Waals surface area (Å²) in [5.41, 5.74) is 15.9. The number of rotatable bonds is 15. The van der Waals surface area contributed by atoms with Gasteiger partial charge < -0.3 is 9.13 Å². The van der Waals surface area contributed by atoms with Gasteiger partial charge in [0.1, 0.15) is 11.6 Å². The summed E-state index contributed by atoms with van der Waals surface area (Å²) in [5, 5.41) is 3.36. The van der Waals surface area contributed by atoms with Gasteiger partial charge in [-0.25, -0.2) is 68.6 Å². The van der Waals surface area contributed by atoms with Crippen LogP contribution in [0.15, 0.2) is 346 Å². The van der Waals surface area contributed by atoms with E-state index in [-0.39, 0.29) is 0 Å². The molecule has 14 nitrogen and oxygen atoms in total. The van der Waals surface area contributed by atoms with E-state index in [1.165, 1.54) is 12.1 Å². The highest BCUT2D eigenvalue weighted by atomic mass is 19.1. The number of benzene rings is 14. The van der Waals surface area contributed by atoms with Crippen LogP contribution in [0.5, 0.6) is 0 Å². The van der Waals surface area contributed by atoms with E-state index < -0.39 is 11.6 Å². The summed E-state index contributed by atoms with van der Waals surface area (Å²) in [6.07, 6.45) is 0. The molecule has 0 aliphatic heterocycles. The smallest absolute Gasteiger partial charge is 0.164 e. The molecule has 0 aliphatic carbocycles.